The SMILES string of the molecule is CC(C)(C)OC(=O)n1cc(I)c2ncccc21. The summed E-state index contributed by atoms with van der Waals surface area (Å²) in [4.78, 5) is 16.2. The molecule has 0 saturated carbocycles. The van der Waals surface area contributed by atoms with Gasteiger partial charge in [-0.05, 0) is 55.5 Å². The first-order valence-electron chi connectivity index (χ1n) is 5.23. The fourth-order valence-electron chi connectivity index (χ4n) is 1.48. The van der Waals surface area contributed by atoms with Gasteiger partial charge in [-0.1, -0.05) is 0 Å². The Kier molecular flexibility index (Phi) is 3.11. The topological polar surface area (TPSA) is 44.1 Å². The smallest absolute Gasteiger partial charge is 0.419 e. The van der Waals surface area contributed by atoms with E-state index in [1.165, 1.54) is 4.57 Å². The maximum Gasteiger partial charge on any atom is 0.419 e. The summed E-state index contributed by atoms with van der Waals surface area (Å²) in [5.41, 5.74) is 1.09. The van der Waals surface area contributed by atoms with Crippen molar-refractivity contribution < 1.29 is 9.53 Å². The molecule has 2 rings (SSSR count). The van der Waals surface area contributed by atoms with E-state index >= 15 is 0 Å². The highest BCUT2D eigenvalue weighted by Gasteiger charge is 2.20. The fourth-order valence-corrected chi connectivity index (χ4v) is 2.18. The van der Waals surface area contributed by atoms with E-state index in [4.69, 9.17) is 4.74 Å². The lowest BCUT2D eigenvalue weighted by atomic mass is 10.2. The van der Waals surface area contributed by atoms with E-state index in [0.717, 1.165) is 14.6 Å². The summed E-state index contributed by atoms with van der Waals surface area (Å²) in [6.07, 6.45) is 3.08. The number of rotatable bonds is 0. The minimum absolute atomic E-state index is 0.376. The van der Waals surface area contributed by atoms with Gasteiger partial charge in [0.2, 0.25) is 0 Å². The van der Waals surface area contributed by atoms with Crippen LogP contribution in [-0.4, -0.2) is 21.2 Å². The van der Waals surface area contributed by atoms with Crippen LogP contribution < -0.4 is 0 Å². The summed E-state index contributed by atoms with van der Waals surface area (Å²) in [6, 6.07) is 3.66. The first kappa shape index (κ1) is 12.3. The Morgan fingerprint density at radius 1 is 1.47 bits per heavy atom. The van der Waals surface area contributed by atoms with Gasteiger partial charge in [0, 0.05) is 12.4 Å². The molecule has 4 nitrogen and oxygen atoms in total. The van der Waals surface area contributed by atoms with Gasteiger partial charge in [0.05, 0.1) is 9.09 Å². The van der Waals surface area contributed by atoms with E-state index in [9.17, 15) is 4.79 Å². The van der Waals surface area contributed by atoms with Crippen molar-refractivity contribution in [3.05, 3.63) is 28.1 Å². The monoisotopic (exact) mass is 344 g/mol. The van der Waals surface area contributed by atoms with Crippen LogP contribution in [-0.2, 0) is 4.74 Å². The predicted molar refractivity (Wildman–Crippen MR) is 74.1 cm³/mol. The largest absolute Gasteiger partial charge is 0.443 e. The second kappa shape index (κ2) is 4.29. The van der Waals surface area contributed by atoms with Crippen LogP contribution in [0.1, 0.15) is 20.8 Å². The van der Waals surface area contributed by atoms with Crippen molar-refractivity contribution in [1.82, 2.24) is 9.55 Å². The van der Waals surface area contributed by atoms with Crippen LogP contribution in [0.3, 0.4) is 0 Å². The Labute approximate surface area is 113 Å². The van der Waals surface area contributed by atoms with Gasteiger partial charge in [-0.2, -0.15) is 0 Å². The summed E-state index contributed by atoms with van der Waals surface area (Å²) < 4.78 is 7.77. The zero-order valence-corrected chi connectivity index (χ0v) is 12.1. The Balaban J connectivity index is 2.46. The molecule has 0 aliphatic carbocycles. The second-order valence-corrected chi connectivity index (χ2v) is 5.86. The van der Waals surface area contributed by atoms with E-state index in [1.807, 2.05) is 26.8 Å². The van der Waals surface area contributed by atoms with E-state index in [-0.39, 0.29) is 6.09 Å². The summed E-state index contributed by atoms with van der Waals surface area (Å²) in [6.45, 7) is 5.54. The average Bonchev–Trinajstić information content (AvgIpc) is 2.55. The minimum Gasteiger partial charge on any atom is -0.443 e. The van der Waals surface area contributed by atoms with E-state index in [2.05, 4.69) is 27.6 Å². The Morgan fingerprint density at radius 2 is 2.18 bits per heavy atom. The molecule has 0 bridgehead atoms. The van der Waals surface area contributed by atoms with Crippen molar-refractivity contribution in [2.24, 2.45) is 0 Å². The van der Waals surface area contributed by atoms with E-state index in [1.54, 1.807) is 18.5 Å². The van der Waals surface area contributed by atoms with Crippen molar-refractivity contribution in [1.29, 1.82) is 0 Å². The zero-order chi connectivity index (χ0) is 12.6. The molecular weight excluding hydrogens is 331 g/mol. The molecule has 2 aromatic heterocycles. The number of hydrogen-bond acceptors (Lipinski definition) is 3. The molecule has 0 amide bonds. The second-order valence-electron chi connectivity index (χ2n) is 4.70. The molecule has 0 unspecified atom stereocenters. The summed E-state index contributed by atoms with van der Waals surface area (Å²) in [5.74, 6) is 0. The standard InChI is InChI=1S/C12H13IN2O2/c1-12(2,3)17-11(16)15-7-8(13)10-9(15)5-4-6-14-10/h4-7H,1-3H3. The number of nitrogens with zero attached hydrogens (tertiary/aromatic N) is 2. The minimum atomic E-state index is -0.499. The van der Waals surface area contributed by atoms with Crippen LogP contribution in [0.5, 0.6) is 0 Å². The number of hydrogen-bond donors (Lipinski definition) is 0. The van der Waals surface area contributed by atoms with Gasteiger partial charge < -0.3 is 4.74 Å². The van der Waals surface area contributed by atoms with Crippen LogP contribution in [0.15, 0.2) is 24.5 Å². The Bertz CT molecular complexity index is 569. The molecule has 90 valence electrons. The predicted octanol–water partition coefficient (Wildman–Crippen LogP) is 3.42. The third-order valence-corrected chi connectivity index (χ3v) is 2.89. The average molecular weight is 344 g/mol. The van der Waals surface area contributed by atoms with Gasteiger partial charge in [-0.3, -0.25) is 4.98 Å². The molecular formula is C12H13IN2O2. The molecule has 0 fully saturated rings. The molecule has 2 heterocycles. The molecule has 0 atom stereocenters. The van der Waals surface area contributed by atoms with Crippen molar-refractivity contribution in [2.45, 2.75) is 26.4 Å². The number of carbonyl (C=O) groups excluding carboxylic acids is 1. The molecule has 0 spiro atoms. The maximum atomic E-state index is 12.0. The Hall–Kier alpha value is -1.11. The summed E-state index contributed by atoms with van der Waals surface area (Å²) in [7, 11) is 0. The highest BCUT2D eigenvalue weighted by atomic mass is 127. The van der Waals surface area contributed by atoms with Crippen LogP contribution in [0.25, 0.3) is 11.0 Å². The molecule has 2 aromatic rings. The number of pyridine rings is 1. The van der Waals surface area contributed by atoms with Crippen molar-refractivity contribution in [3.8, 4) is 0 Å². The van der Waals surface area contributed by atoms with Gasteiger partial charge in [-0.25, -0.2) is 9.36 Å². The number of aromatic nitrogens is 2. The lowest BCUT2D eigenvalue weighted by Crippen LogP contribution is -2.26. The van der Waals surface area contributed by atoms with Crippen molar-refractivity contribution >= 4 is 39.7 Å². The summed E-state index contributed by atoms with van der Waals surface area (Å²) in [5, 5.41) is 0. The summed E-state index contributed by atoms with van der Waals surface area (Å²) >= 11 is 2.16. The first-order chi connectivity index (χ1) is 7.88. The highest BCUT2D eigenvalue weighted by Crippen LogP contribution is 2.21. The number of ether oxygens (including phenoxy) is 1. The van der Waals surface area contributed by atoms with Crippen LogP contribution in [0, 0.1) is 3.57 Å². The quantitative estimate of drug-likeness (QED) is 0.688. The molecule has 0 aliphatic heterocycles. The lowest BCUT2D eigenvalue weighted by Gasteiger charge is -2.19. The number of halogens is 1. The van der Waals surface area contributed by atoms with Crippen LogP contribution >= 0.6 is 22.6 Å². The third kappa shape index (κ3) is 2.59. The molecule has 0 saturated heterocycles. The third-order valence-electron chi connectivity index (χ3n) is 2.10. The number of carbonyl (C=O) groups is 1. The maximum absolute atomic E-state index is 12.0. The van der Waals surface area contributed by atoms with E-state index < -0.39 is 5.60 Å². The van der Waals surface area contributed by atoms with Gasteiger partial charge in [0.1, 0.15) is 11.1 Å². The fraction of sp³-hybridized carbons (Fsp3) is 0.333. The van der Waals surface area contributed by atoms with Crippen molar-refractivity contribution in [3.63, 3.8) is 0 Å². The molecule has 0 aliphatic rings. The Morgan fingerprint density at radius 3 is 2.82 bits per heavy atom. The molecule has 0 aromatic carbocycles. The first-order valence-corrected chi connectivity index (χ1v) is 6.31. The van der Waals surface area contributed by atoms with E-state index in [0.29, 0.717) is 0 Å². The van der Waals surface area contributed by atoms with Crippen LogP contribution in [0.2, 0.25) is 0 Å². The van der Waals surface area contributed by atoms with Crippen molar-refractivity contribution in [2.75, 3.05) is 0 Å². The molecule has 17 heavy (non-hydrogen) atoms. The van der Waals surface area contributed by atoms with Gasteiger partial charge in [0.25, 0.3) is 0 Å². The molecule has 5 heteroatoms. The molecule has 0 N–H and O–H groups in total. The van der Waals surface area contributed by atoms with Gasteiger partial charge in [0.15, 0.2) is 0 Å². The molecule has 0 radical (unpaired) electrons. The zero-order valence-electron chi connectivity index (χ0n) is 9.90. The van der Waals surface area contributed by atoms with Gasteiger partial charge in [-0.15, -0.1) is 0 Å². The van der Waals surface area contributed by atoms with Gasteiger partial charge >= 0.3 is 6.09 Å². The number of fused-ring (bicyclic) bond motifs is 1. The van der Waals surface area contributed by atoms with Crippen LogP contribution in [0.4, 0.5) is 4.79 Å². The highest BCUT2D eigenvalue weighted by molar-refractivity contribution is 14.1. The lowest BCUT2D eigenvalue weighted by molar-refractivity contribution is 0.0544. The normalized spacial score (nSPS) is 11.8.